The van der Waals surface area contributed by atoms with Gasteiger partial charge >= 0.3 is 0 Å². The molecule has 0 bridgehead atoms. The Morgan fingerprint density at radius 2 is 2.09 bits per heavy atom. The van der Waals surface area contributed by atoms with Crippen molar-refractivity contribution < 1.29 is 9.84 Å². The van der Waals surface area contributed by atoms with E-state index in [0.29, 0.717) is 6.10 Å². The second kappa shape index (κ2) is 5.77. The minimum atomic E-state index is -0.352. The number of nitrogens with one attached hydrogen (secondary N) is 1. The van der Waals surface area contributed by atoms with E-state index in [1.165, 1.54) is 0 Å². The number of aliphatic hydroxyl groups is 1. The van der Waals surface area contributed by atoms with Crippen molar-refractivity contribution >= 4 is 11.6 Å². The van der Waals surface area contributed by atoms with Gasteiger partial charge in [-0.05, 0) is 20.4 Å². The summed E-state index contributed by atoms with van der Waals surface area (Å²) in [7, 11) is 0. The minimum absolute atomic E-state index is 0.0231. The molecule has 0 aromatic heterocycles. The van der Waals surface area contributed by atoms with Crippen molar-refractivity contribution in [2.75, 3.05) is 6.54 Å². The molecule has 0 aromatic carbocycles. The summed E-state index contributed by atoms with van der Waals surface area (Å²) in [5.74, 6) is 0. The molecule has 0 aromatic rings. The molecule has 0 saturated carbocycles. The molecule has 1 fully saturated rings. The van der Waals surface area contributed by atoms with Crippen molar-refractivity contribution in [3.63, 3.8) is 0 Å². The summed E-state index contributed by atoms with van der Waals surface area (Å²) in [6.07, 6.45) is -0.0355. The first-order valence-corrected chi connectivity index (χ1v) is 4.22. The molecule has 1 rings (SSSR count). The van der Waals surface area contributed by atoms with Crippen LogP contribution in [0.2, 0.25) is 0 Å². The molecule has 11 heavy (non-hydrogen) atoms. The minimum Gasteiger partial charge on any atom is -0.379 e. The third-order valence-electron chi connectivity index (χ3n) is 1.14. The normalized spacial score (nSPS) is 30.3. The predicted octanol–water partition coefficient (Wildman–Crippen LogP) is 0.904. The standard InChI is InChI=1S/C4H11NO.C3H5ClO/c1-3-5-4(2)6;1-2-3(4)5-2/h4-6H,3H2,1-2H3;2-3H,1H3. The number of ether oxygens (including phenoxy) is 1. The third kappa shape index (κ3) is 8.07. The zero-order valence-electron chi connectivity index (χ0n) is 7.17. The highest BCUT2D eigenvalue weighted by atomic mass is 35.5. The Morgan fingerprint density at radius 1 is 1.73 bits per heavy atom. The van der Waals surface area contributed by atoms with Gasteiger partial charge in [0.2, 0.25) is 0 Å². The summed E-state index contributed by atoms with van der Waals surface area (Å²) in [6, 6.07) is 0. The summed E-state index contributed by atoms with van der Waals surface area (Å²) in [4.78, 5) is 0. The number of epoxide rings is 1. The van der Waals surface area contributed by atoms with Crippen molar-refractivity contribution in [1.29, 1.82) is 0 Å². The molecular weight excluding hydrogens is 166 g/mol. The van der Waals surface area contributed by atoms with E-state index in [1.807, 2.05) is 13.8 Å². The maximum Gasteiger partial charge on any atom is 0.157 e. The van der Waals surface area contributed by atoms with E-state index in [1.54, 1.807) is 6.92 Å². The lowest BCUT2D eigenvalue weighted by Crippen LogP contribution is -2.24. The first-order valence-electron chi connectivity index (χ1n) is 3.79. The molecule has 1 aliphatic rings. The van der Waals surface area contributed by atoms with Crippen molar-refractivity contribution in [2.24, 2.45) is 0 Å². The molecule has 4 heteroatoms. The van der Waals surface area contributed by atoms with Crippen molar-refractivity contribution in [2.45, 2.75) is 38.7 Å². The van der Waals surface area contributed by atoms with Crippen molar-refractivity contribution in [3.05, 3.63) is 0 Å². The van der Waals surface area contributed by atoms with Gasteiger partial charge in [0.05, 0.1) is 6.10 Å². The van der Waals surface area contributed by atoms with Crippen LogP contribution in [0.1, 0.15) is 20.8 Å². The lowest BCUT2D eigenvalue weighted by Gasteiger charge is -2.00. The molecule has 0 amide bonds. The smallest absolute Gasteiger partial charge is 0.157 e. The topological polar surface area (TPSA) is 44.8 Å². The van der Waals surface area contributed by atoms with Gasteiger partial charge in [0.15, 0.2) is 5.56 Å². The van der Waals surface area contributed by atoms with Crippen LogP contribution in [0.3, 0.4) is 0 Å². The van der Waals surface area contributed by atoms with E-state index in [0.717, 1.165) is 6.54 Å². The molecule has 3 unspecified atom stereocenters. The number of hydrogen-bond donors (Lipinski definition) is 2. The molecule has 0 radical (unpaired) electrons. The van der Waals surface area contributed by atoms with Crippen molar-refractivity contribution in [1.82, 2.24) is 5.32 Å². The lowest BCUT2D eigenvalue weighted by atomic mass is 10.6. The van der Waals surface area contributed by atoms with E-state index in [-0.39, 0.29) is 11.8 Å². The summed E-state index contributed by atoms with van der Waals surface area (Å²) in [5.41, 5.74) is 0.0231. The van der Waals surface area contributed by atoms with E-state index in [2.05, 4.69) is 10.1 Å². The molecule has 0 spiro atoms. The predicted molar refractivity (Wildman–Crippen MR) is 45.5 cm³/mol. The van der Waals surface area contributed by atoms with Gasteiger partial charge in [-0.25, -0.2) is 0 Å². The monoisotopic (exact) mass is 181 g/mol. The zero-order chi connectivity index (χ0) is 8.85. The van der Waals surface area contributed by atoms with Crippen LogP contribution in [0.5, 0.6) is 0 Å². The molecule has 3 atom stereocenters. The second-order valence-electron chi connectivity index (χ2n) is 2.43. The number of aliphatic hydroxyl groups excluding tert-OH is 1. The fourth-order valence-electron chi connectivity index (χ4n) is 0.455. The SMILES string of the molecule is CC1OC1Cl.CCNC(C)O. The Morgan fingerprint density at radius 3 is 2.09 bits per heavy atom. The first kappa shape index (κ1) is 11.2. The summed E-state index contributed by atoms with van der Waals surface area (Å²) in [5, 5.41) is 11.2. The van der Waals surface area contributed by atoms with Gasteiger partial charge in [-0.1, -0.05) is 18.5 Å². The molecule has 1 heterocycles. The quantitative estimate of drug-likeness (QED) is 0.378. The Hall–Kier alpha value is 0.170. The lowest BCUT2D eigenvalue weighted by molar-refractivity contribution is 0.159. The van der Waals surface area contributed by atoms with Gasteiger partial charge in [0.25, 0.3) is 0 Å². The van der Waals surface area contributed by atoms with E-state index >= 15 is 0 Å². The average Bonchev–Trinajstić information content (AvgIpc) is 2.46. The van der Waals surface area contributed by atoms with Crippen LogP contribution in [-0.4, -0.2) is 29.5 Å². The van der Waals surface area contributed by atoms with Gasteiger partial charge in [-0.3, -0.25) is 5.32 Å². The average molecular weight is 182 g/mol. The van der Waals surface area contributed by atoms with Crippen LogP contribution in [0.4, 0.5) is 0 Å². The van der Waals surface area contributed by atoms with Crippen LogP contribution in [0.25, 0.3) is 0 Å². The number of halogens is 1. The van der Waals surface area contributed by atoms with Crippen LogP contribution >= 0.6 is 11.6 Å². The first-order chi connectivity index (χ1) is 5.07. The Bertz CT molecular complexity index is 94.4. The van der Waals surface area contributed by atoms with E-state index in [4.69, 9.17) is 16.7 Å². The van der Waals surface area contributed by atoms with Gasteiger partial charge in [0.1, 0.15) is 6.23 Å². The Balaban J connectivity index is 0.000000183. The molecule has 1 aliphatic heterocycles. The fourth-order valence-corrected chi connectivity index (χ4v) is 0.617. The summed E-state index contributed by atoms with van der Waals surface area (Å²) < 4.78 is 4.68. The number of alkyl halides is 1. The van der Waals surface area contributed by atoms with Gasteiger partial charge in [0, 0.05) is 0 Å². The maximum absolute atomic E-state index is 8.44. The highest BCUT2D eigenvalue weighted by Crippen LogP contribution is 2.23. The van der Waals surface area contributed by atoms with Crippen LogP contribution < -0.4 is 5.32 Å². The van der Waals surface area contributed by atoms with Gasteiger partial charge < -0.3 is 9.84 Å². The molecule has 0 aliphatic carbocycles. The zero-order valence-corrected chi connectivity index (χ0v) is 7.93. The fraction of sp³-hybridized carbons (Fsp3) is 1.00. The highest BCUT2D eigenvalue weighted by molar-refractivity contribution is 6.21. The molecule has 1 saturated heterocycles. The van der Waals surface area contributed by atoms with Crippen LogP contribution in [0, 0.1) is 0 Å². The molecular formula is C7H16ClNO2. The highest BCUT2D eigenvalue weighted by Gasteiger charge is 2.30. The number of rotatable bonds is 2. The van der Waals surface area contributed by atoms with Gasteiger partial charge in [-0.15, -0.1) is 0 Å². The van der Waals surface area contributed by atoms with Crippen LogP contribution in [-0.2, 0) is 4.74 Å². The molecule has 68 valence electrons. The van der Waals surface area contributed by atoms with E-state index in [9.17, 15) is 0 Å². The maximum atomic E-state index is 8.44. The summed E-state index contributed by atoms with van der Waals surface area (Å²) >= 11 is 5.31. The molecule has 3 nitrogen and oxygen atoms in total. The third-order valence-corrected chi connectivity index (χ3v) is 1.59. The van der Waals surface area contributed by atoms with Crippen molar-refractivity contribution in [3.8, 4) is 0 Å². The summed E-state index contributed by atoms with van der Waals surface area (Å²) in [6.45, 7) is 6.42. The van der Waals surface area contributed by atoms with E-state index < -0.39 is 0 Å². The van der Waals surface area contributed by atoms with Crippen LogP contribution in [0.15, 0.2) is 0 Å². The largest absolute Gasteiger partial charge is 0.379 e. The Labute approximate surface area is 72.7 Å². The second-order valence-corrected chi connectivity index (χ2v) is 2.86. The Kier molecular flexibility index (Phi) is 5.86. The van der Waals surface area contributed by atoms with Gasteiger partial charge in [-0.2, -0.15) is 0 Å². The number of hydrogen-bond acceptors (Lipinski definition) is 3. The molecule has 2 N–H and O–H groups in total.